The van der Waals surface area contributed by atoms with Gasteiger partial charge in [-0.05, 0) is 23.8 Å². The zero-order chi connectivity index (χ0) is 13.0. The molecule has 0 saturated heterocycles. The molecule has 90 valence electrons. The van der Waals surface area contributed by atoms with Crippen LogP contribution >= 0.6 is 0 Å². The summed E-state index contributed by atoms with van der Waals surface area (Å²) in [5.74, 6) is -1.22. The molecule has 0 aromatic heterocycles. The van der Waals surface area contributed by atoms with Crippen LogP contribution in [-0.4, -0.2) is 6.29 Å². The van der Waals surface area contributed by atoms with Gasteiger partial charge in [-0.3, -0.25) is 4.79 Å². The molecule has 0 spiro atoms. The summed E-state index contributed by atoms with van der Waals surface area (Å²) in [6.07, 6.45) is 3.96. The maximum absolute atomic E-state index is 13.4. The normalized spacial score (nSPS) is 10.8. The molecule has 0 aliphatic heterocycles. The topological polar surface area (TPSA) is 17.1 Å². The predicted octanol–water partition coefficient (Wildman–Crippen LogP) is 3.95. The first-order chi connectivity index (χ1) is 8.69. The lowest BCUT2D eigenvalue weighted by Gasteiger charge is -1.98. The Kier molecular flexibility index (Phi) is 3.63. The standard InChI is InChI=1S/C15H10F2O/c16-14-7-6-13(15(17)9-14)5-4-11-2-1-3-12(8-11)10-18/h1-10H. The van der Waals surface area contributed by atoms with Crippen molar-refractivity contribution in [2.45, 2.75) is 0 Å². The molecule has 0 atom stereocenters. The van der Waals surface area contributed by atoms with Gasteiger partial charge in [-0.15, -0.1) is 0 Å². The minimum Gasteiger partial charge on any atom is -0.298 e. The van der Waals surface area contributed by atoms with Crippen molar-refractivity contribution in [2.75, 3.05) is 0 Å². The number of hydrogen-bond acceptors (Lipinski definition) is 1. The highest BCUT2D eigenvalue weighted by Crippen LogP contribution is 2.14. The SMILES string of the molecule is O=Cc1cccc(C=Cc2ccc(F)cc2F)c1. The highest BCUT2D eigenvalue weighted by molar-refractivity contribution is 5.78. The Bertz CT molecular complexity index is 603. The van der Waals surface area contributed by atoms with Gasteiger partial charge in [0.05, 0.1) is 0 Å². The van der Waals surface area contributed by atoms with Gasteiger partial charge in [0.25, 0.3) is 0 Å². The summed E-state index contributed by atoms with van der Waals surface area (Å²) in [6.45, 7) is 0. The Morgan fingerprint density at radius 3 is 2.39 bits per heavy atom. The second-order valence-electron chi connectivity index (χ2n) is 3.79. The van der Waals surface area contributed by atoms with Gasteiger partial charge < -0.3 is 0 Å². The molecule has 0 bridgehead atoms. The van der Waals surface area contributed by atoms with Gasteiger partial charge in [-0.2, -0.15) is 0 Å². The maximum atomic E-state index is 13.4. The fourth-order valence-corrected chi connectivity index (χ4v) is 1.56. The van der Waals surface area contributed by atoms with E-state index >= 15 is 0 Å². The smallest absolute Gasteiger partial charge is 0.150 e. The molecule has 0 aliphatic rings. The lowest BCUT2D eigenvalue weighted by molar-refractivity contribution is 0.112. The summed E-state index contributed by atoms with van der Waals surface area (Å²) >= 11 is 0. The predicted molar refractivity (Wildman–Crippen MR) is 67.1 cm³/mol. The summed E-state index contributed by atoms with van der Waals surface area (Å²) in [5, 5.41) is 0. The Morgan fingerprint density at radius 2 is 1.67 bits per heavy atom. The molecule has 1 nitrogen and oxygen atoms in total. The molecule has 0 amide bonds. The van der Waals surface area contributed by atoms with E-state index in [4.69, 9.17) is 0 Å². The average Bonchev–Trinajstić information content (AvgIpc) is 2.38. The minimum absolute atomic E-state index is 0.299. The summed E-state index contributed by atoms with van der Waals surface area (Å²) in [7, 11) is 0. The molecule has 0 fully saturated rings. The van der Waals surface area contributed by atoms with Crippen LogP contribution in [0.2, 0.25) is 0 Å². The first kappa shape index (κ1) is 12.2. The van der Waals surface area contributed by atoms with Crippen molar-refractivity contribution in [3.63, 3.8) is 0 Å². The molecule has 0 heterocycles. The first-order valence-corrected chi connectivity index (χ1v) is 5.37. The van der Waals surface area contributed by atoms with Crippen LogP contribution in [0.3, 0.4) is 0 Å². The fourth-order valence-electron chi connectivity index (χ4n) is 1.56. The van der Waals surface area contributed by atoms with Gasteiger partial charge >= 0.3 is 0 Å². The van der Waals surface area contributed by atoms with Crippen molar-refractivity contribution in [3.8, 4) is 0 Å². The van der Waals surface area contributed by atoms with E-state index in [-0.39, 0.29) is 0 Å². The third-order valence-electron chi connectivity index (χ3n) is 2.46. The van der Waals surface area contributed by atoms with E-state index in [9.17, 15) is 13.6 Å². The molecule has 0 saturated carbocycles. The van der Waals surface area contributed by atoms with Crippen molar-refractivity contribution >= 4 is 18.4 Å². The molecule has 18 heavy (non-hydrogen) atoms. The molecule has 0 aliphatic carbocycles. The molecule has 2 aromatic rings. The largest absolute Gasteiger partial charge is 0.298 e. The first-order valence-electron chi connectivity index (χ1n) is 5.37. The minimum atomic E-state index is -0.613. The summed E-state index contributed by atoms with van der Waals surface area (Å²) < 4.78 is 26.1. The molecule has 2 aromatic carbocycles. The summed E-state index contributed by atoms with van der Waals surface area (Å²) in [4.78, 5) is 10.6. The van der Waals surface area contributed by atoms with E-state index in [1.54, 1.807) is 36.4 Å². The highest BCUT2D eigenvalue weighted by atomic mass is 19.1. The van der Waals surface area contributed by atoms with E-state index in [0.717, 1.165) is 17.9 Å². The van der Waals surface area contributed by atoms with Crippen LogP contribution in [0.4, 0.5) is 8.78 Å². The van der Waals surface area contributed by atoms with Crippen LogP contribution in [-0.2, 0) is 0 Å². The number of hydrogen-bond donors (Lipinski definition) is 0. The van der Waals surface area contributed by atoms with Crippen LogP contribution in [0.15, 0.2) is 42.5 Å². The maximum Gasteiger partial charge on any atom is 0.150 e. The van der Waals surface area contributed by atoms with E-state index in [1.807, 2.05) is 0 Å². The van der Waals surface area contributed by atoms with Crippen molar-refractivity contribution in [1.82, 2.24) is 0 Å². The molecule has 2 rings (SSSR count). The van der Waals surface area contributed by atoms with Crippen molar-refractivity contribution in [3.05, 3.63) is 70.8 Å². The monoisotopic (exact) mass is 244 g/mol. The molecule has 0 radical (unpaired) electrons. The lowest BCUT2D eigenvalue weighted by atomic mass is 10.1. The van der Waals surface area contributed by atoms with Crippen molar-refractivity contribution < 1.29 is 13.6 Å². The van der Waals surface area contributed by atoms with Crippen LogP contribution in [0, 0.1) is 11.6 Å². The van der Waals surface area contributed by atoms with Crippen molar-refractivity contribution in [1.29, 1.82) is 0 Å². The van der Waals surface area contributed by atoms with E-state index < -0.39 is 11.6 Å². The number of halogens is 2. The number of aldehydes is 1. The molecule has 0 unspecified atom stereocenters. The Morgan fingerprint density at radius 1 is 0.889 bits per heavy atom. The third kappa shape index (κ3) is 2.88. The van der Waals surface area contributed by atoms with Gasteiger partial charge in [-0.25, -0.2) is 8.78 Å². The molecule has 0 N–H and O–H groups in total. The van der Waals surface area contributed by atoms with Crippen LogP contribution in [0.5, 0.6) is 0 Å². The molecular formula is C15H10F2O. The summed E-state index contributed by atoms with van der Waals surface area (Å²) in [6, 6.07) is 10.3. The number of carbonyl (C=O) groups excluding carboxylic acids is 1. The molecular weight excluding hydrogens is 234 g/mol. The molecule has 3 heteroatoms. The second-order valence-corrected chi connectivity index (χ2v) is 3.79. The Balaban J connectivity index is 2.26. The average molecular weight is 244 g/mol. The number of carbonyl (C=O) groups is 1. The summed E-state index contributed by atoms with van der Waals surface area (Å²) in [5.41, 5.74) is 1.63. The van der Waals surface area contributed by atoms with Crippen LogP contribution in [0.25, 0.3) is 12.2 Å². The van der Waals surface area contributed by atoms with E-state index in [2.05, 4.69) is 0 Å². The lowest BCUT2D eigenvalue weighted by Crippen LogP contribution is -1.84. The fraction of sp³-hybridized carbons (Fsp3) is 0. The Labute approximate surface area is 103 Å². The van der Waals surface area contributed by atoms with Crippen LogP contribution < -0.4 is 0 Å². The van der Waals surface area contributed by atoms with E-state index in [0.29, 0.717) is 11.1 Å². The highest BCUT2D eigenvalue weighted by Gasteiger charge is 2.00. The van der Waals surface area contributed by atoms with Gasteiger partial charge in [0.1, 0.15) is 17.9 Å². The number of rotatable bonds is 3. The van der Waals surface area contributed by atoms with Crippen LogP contribution in [0.1, 0.15) is 21.5 Å². The second kappa shape index (κ2) is 5.36. The van der Waals surface area contributed by atoms with Gasteiger partial charge in [0.2, 0.25) is 0 Å². The van der Waals surface area contributed by atoms with E-state index in [1.165, 1.54) is 12.1 Å². The zero-order valence-corrected chi connectivity index (χ0v) is 9.44. The van der Waals surface area contributed by atoms with Gasteiger partial charge in [0.15, 0.2) is 0 Å². The zero-order valence-electron chi connectivity index (χ0n) is 9.44. The number of benzene rings is 2. The van der Waals surface area contributed by atoms with Gasteiger partial charge in [0, 0.05) is 17.2 Å². The quantitative estimate of drug-likeness (QED) is 0.590. The Hall–Kier alpha value is -2.29. The van der Waals surface area contributed by atoms with Gasteiger partial charge in [-0.1, -0.05) is 30.4 Å². The van der Waals surface area contributed by atoms with Crippen molar-refractivity contribution in [2.24, 2.45) is 0 Å². The third-order valence-corrected chi connectivity index (χ3v) is 2.46.